The lowest BCUT2D eigenvalue weighted by atomic mass is 10.1. The number of hydrogen-bond donors (Lipinski definition) is 2. The van der Waals surface area contributed by atoms with Crippen LogP contribution in [-0.4, -0.2) is 31.2 Å². The molecule has 0 aromatic rings. The monoisotopic (exact) mass is 200 g/mol. The molecule has 0 radical (unpaired) electrons. The normalized spacial score (nSPS) is 23.9. The van der Waals surface area contributed by atoms with E-state index in [0.717, 1.165) is 19.4 Å². The van der Waals surface area contributed by atoms with Gasteiger partial charge in [0.05, 0.1) is 12.1 Å². The van der Waals surface area contributed by atoms with Crippen molar-refractivity contribution in [3.05, 3.63) is 0 Å². The molecule has 3 N–H and O–H groups in total. The quantitative estimate of drug-likeness (QED) is 0.684. The highest BCUT2D eigenvalue weighted by Crippen LogP contribution is 2.10. The van der Waals surface area contributed by atoms with E-state index in [2.05, 4.69) is 5.32 Å². The molecule has 14 heavy (non-hydrogen) atoms. The van der Waals surface area contributed by atoms with Crippen LogP contribution in [0.25, 0.3) is 0 Å². The lowest BCUT2D eigenvalue weighted by Gasteiger charge is -2.17. The number of carbonyl (C=O) groups excluding carboxylic acids is 1. The Morgan fingerprint density at radius 2 is 2.36 bits per heavy atom. The van der Waals surface area contributed by atoms with E-state index >= 15 is 0 Å². The minimum atomic E-state index is -0.406. The van der Waals surface area contributed by atoms with Gasteiger partial charge in [-0.05, 0) is 18.8 Å². The molecule has 1 aliphatic heterocycles. The third kappa shape index (κ3) is 3.27. The first-order valence-corrected chi connectivity index (χ1v) is 5.26. The summed E-state index contributed by atoms with van der Waals surface area (Å²) in [7, 11) is 0. The van der Waals surface area contributed by atoms with E-state index < -0.39 is 6.04 Å². The summed E-state index contributed by atoms with van der Waals surface area (Å²) in [6, 6.07) is -0.406. The van der Waals surface area contributed by atoms with Gasteiger partial charge in [0, 0.05) is 13.2 Å². The number of nitrogens with one attached hydrogen (secondary N) is 1. The zero-order valence-corrected chi connectivity index (χ0v) is 8.95. The van der Waals surface area contributed by atoms with Crippen molar-refractivity contribution in [2.45, 2.75) is 38.8 Å². The molecule has 82 valence electrons. The first-order valence-electron chi connectivity index (χ1n) is 5.26. The minimum absolute atomic E-state index is 0.0736. The van der Waals surface area contributed by atoms with Gasteiger partial charge >= 0.3 is 0 Å². The molecule has 2 unspecified atom stereocenters. The largest absolute Gasteiger partial charge is 0.376 e. The van der Waals surface area contributed by atoms with Gasteiger partial charge < -0.3 is 15.8 Å². The van der Waals surface area contributed by atoms with Crippen molar-refractivity contribution in [3.8, 4) is 0 Å². The molecule has 1 aliphatic rings. The Kier molecular flexibility index (Phi) is 4.35. The van der Waals surface area contributed by atoms with Gasteiger partial charge in [0.25, 0.3) is 0 Å². The summed E-state index contributed by atoms with van der Waals surface area (Å²) < 4.78 is 5.39. The van der Waals surface area contributed by atoms with Crippen LogP contribution in [-0.2, 0) is 9.53 Å². The molecule has 0 aromatic carbocycles. The average Bonchev–Trinajstić information content (AvgIpc) is 2.65. The van der Waals surface area contributed by atoms with Crippen LogP contribution in [0.1, 0.15) is 26.7 Å². The van der Waals surface area contributed by atoms with Gasteiger partial charge in [0.1, 0.15) is 0 Å². The molecule has 2 atom stereocenters. The number of nitrogens with two attached hydrogens (primary N) is 1. The van der Waals surface area contributed by atoms with E-state index in [9.17, 15) is 4.79 Å². The SMILES string of the molecule is CC(C)C(N)C(=O)NCC1CCCO1. The van der Waals surface area contributed by atoms with Crippen molar-refractivity contribution in [2.75, 3.05) is 13.2 Å². The number of ether oxygens (including phenoxy) is 1. The molecule has 1 heterocycles. The van der Waals surface area contributed by atoms with Gasteiger partial charge in [-0.1, -0.05) is 13.8 Å². The van der Waals surface area contributed by atoms with E-state index in [0.29, 0.717) is 6.54 Å². The first kappa shape index (κ1) is 11.5. The summed E-state index contributed by atoms with van der Waals surface area (Å²) in [6.45, 7) is 5.29. The van der Waals surface area contributed by atoms with Gasteiger partial charge in [-0.15, -0.1) is 0 Å². The second kappa shape index (κ2) is 5.32. The Hall–Kier alpha value is -0.610. The maximum absolute atomic E-state index is 11.4. The molecule has 0 aliphatic carbocycles. The molecule has 1 fully saturated rings. The maximum Gasteiger partial charge on any atom is 0.237 e. The molecule has 0 saturated carbocycles. The van der Waals surface area contributed by atoms with Crippen LogP contribution in [0.2, 0.25) is 0 Å². The summed E-state index contributed by atoms with van der Waals surface area (Å²) in [5.74, 6) is 0.106. The second-order valence-corrected chi connectivity index (χ2v) is 4.15. The highest BCUT2D eigenvalue weighted by atomic mass is 16.5. The van der Waals surface area contributed by atoms with Crippen LogP contribution in [0.15, 0.2) is 0 Å². The summed E-state index contributed by atoms with van der Waals surface area (Å²) in [4.78, 5) is 11.4. The van der Waals surface area contributed by atoms with E-state index in [-0.39, 0.29) is 17.9 Å². The fourth-order valence-corrected chi connectivity index (χ4v) is 1.44. The third-order valence-corrected chi connectivity index (χ3v) is 2.55. The van der Waals surface area contributed by atoms with E-state index in [1.807, 2.05) is 13.8 Å². The Labute approximate surface area is 85.2 Å². The summed E-state index contributed by atoms with van der Waals surface area (Å²) in [5.41, 5.74) is 5.69. The number of carbonyl (C=O) groups is 1. The van der Waals surface area contributed by atoms with Gasteiger partial charge in [-0.2, -0.15) is 0 Å². The van der Waals surface area contributed by atoms with E-state index in [1.54, 1.807) is 0 Å². The molecular formula is C10H20N2O2. The lowest BCUT2D eigenvalue weighted by Crippen LogP contribution is -2.46. The van der Waals surface area contributed by atoms with Gasteiger partial charge in [0.2, 0.25) is 5.91 Å². The summed E-state index contributed by atoms with van der Waals surface area (Å²) in [6.07, 6.45) is 2.33. The molecular weight excluding hydrogens is 180 g/mol. The Morgan fingerprint density at radius 3 is 2.86 bits per heavy atom. The van der Waals surface area contributed by atoms with Crippen molar-refractivity contribution in [1.29, 1.82) is 0 Å². The molecule has 4 nitrogen and oxygen atoms in total. The molecule has 0 aromatic heterocycles. The topological polar surface area (TPSA) is 64.4 Å². The highest BCUT2D eigenvalue weighted by molar-refractivity contribution is 5.81. The zero-order chi connectivity index (χ0) is 10.6. The van der Waals surface area contributed by atoms with Crippen molar-refractivity contribution < 1.29 is 9.53 Å². The van der Waals surface area contributed by atoms with Crippen molar-refractivity contribution >= 4 is 5.91 Å². The molecule has 4 heteroatoms. The van der Waals surface area contributed by atoms with Crippen LogP contribution in [0.4, 0.5) is 0 Å². The maximum atomic E-state index is 11.4. The standard InChI is InChI=1S/C10H20N2O2/c1-7(2)9(11)10(13)12-6-8-4-3-5-14-8/h7-9H,3-6,11H2,1-2H3,(H,12,13). The number of hydrogen-bond acceptors (Lipinski definition) is 3. The minimum Gasteiger partial charge on any atom is -0.376 e. The van der Waals surface area contributed by atoms with Crippen molar-refractivity contribution in [1.82, 2.24) is 5.32 Å². The van der Waals surface area contributed by atoms with Gasteiger partial charge in [-0.25, -0.2) is 0 Å². The third-order valence-electron chi connectivity index (χ3n) is 2.55. The Morgan fingerprint density at radius 1 is 1.64 bits per heavy atom. The highest BCUT2D eigenvalue weighted by Gasteiger charge is 2.20. The predicted molar refractivity (Wildman–Crippen MR) is 54.8 cm³/mol. The smallest absolute Gasteiger partial charge is 0.237 e. The van der Waals surface area contributed by atoms with Gasteiger partial charge in [-0.3, -0.25) is 4.79 Å². The van der Waals surface area contributed by atoms with Crippen LogP contribution in [0.3, 0.4) is 0 Å². The average molecular weight is 200 g/mol. The lowest BCUT2D eigenvalue weighted by molar-refractivity contribution is -0.123. The van der Waals surface area contributed by atoms with E-state index in [4.69, 9.17) is 10.5 Å². The fraction of sp³-hybridized carbons (Fsp3) is 0.900. The number of amides is 1. The summed E-state index contributed by atoms with van der Waals surface area (Å²) in [5, 5.41) is 2.82. The molecule has 1 amide bonds. The van der Waals surface area contributed by atoms with E-state index in [1.165, 1.54) is 0 Å². The van der Waals surface area contributed by atoms with Gasteiger partial charge in [0.15, 0.2) is 0 Å². The molecule has 1 saturated heterocycles. The molecule has 0 bridgehead atoms. The Balaban J connectivity index is 2.19. The van der Waals surface area contributed by atoms with Crippen LogP contribution in [0, 0.1) is 5.92 Å². The van der Waals surface area contributed by atoms with Crippen LogP contribution in [0.5, 0.6) is 0 Å². The first-order chi connectivity index (χ1) is 6.61. The fourth-order valence-electron chi connectivity index (χ4n) is 1.44. The zero-order valence-electron chi connectivity index (χ0n) is 8.95. The molecule has 0 spiro atoms. The summed E-state index contributed by atoms with van der Waals surface area (Å²) >= 11 is 0. The van der Waals surface area contributed by atoms with Crippen LogP contribution < -0.4 is 11.1 Å². The Bertz CT molecular complexity index is 189. The second-order valence-electron chi connectivity index (χ2n) is 4.15. The van der Waals surface area contributed by atoms with Crippen molar-refractivity contribution in [2.24, 2.45) is 11.7 Å². The van der Waals surface area contributed by atoms with Crippen LogP contribution >= 0.6 is 0 Å². The molecule has 1 rings (SSSR count). The number of rotatable bonds is 4. The predicted octanol–water partition coefficient (Wildman–Crippen LogP) is 0.265. The van der Waals surface area contributed by atoms with Crippen molar-refractivity contribution in [3.63, 3.8) is 0 Å².